The first kappa shape index (κ1) is 62.7. The fourth-order valence-corrected chi connectivity index (χ4v) is 9.90. The second-order valence-electron chi connectivity index (χ2n) is 22.1. The van der Waals surface area contributed by atoms with Gasteiger partial charge in [0.15, 0.2) is 17.5 Å². The van der Waals surface area contributed by atoms with E-state index in [9.17, 15) is 27.6 Å². The lowest BCUT2D eigenvalue weighted by atomic mass is 9.98. The molecule has 0 radical (unpaired) electrons. The summed E-state index contributed by atoms with van der Waals surface area (Å²) in [6.07, 6.45) is -3.14. The van der Waals surface area contributed by atoms with E-state index in [-0.39, 0.29) is 49.2 Å². The number of nitrogens with zero attached hydrogens (tertiary/aromatic N) is 12. The van der Waals surface area contributed by atoms with E-state index in [1.54, 1.807) is 17.0 Å². The highest BCUT2D eigenvalue weighted by molar-refractivity contribution is 5.80. The molecular weight excluding hydrogens is 1030 g/mol. The van der Waals surface area contributed by atoms with Gasteiger partial charge in [0.05, 0.1) is 42.3 Å². The number of alkyl halides is 3. The topological polar surface area (TPSA) is 148 Å². The van der Waals surface area contributed by atoms with E-state index in [4.69, 9.17) is 0 Å². The zero-order valence-corrected chi connectivity index (χ0v) is 48.2. The molecule has 81 heavy (non-hydrogen) atoms. The van der Waals surface area contributed by atoms with Crippen LogP contribution in [-0.4, -0.2) is 147 Å². The van der Waals surface area contributed by atoms with Gasteiger partial charge in [-0.1, -0.05) is 108 Å². The number of carbonyl (C=O) groups is 3. The molecule has 3 amide bonds. The number of hydrogen-bond acceptors (Lipinski definition) is 12. The number of benzene rings is 3. The quantitative estimate of drug-likeness (QED) is 0.115. The van der Waals surface area contributed by atoms with Crippen LogP contribution in [0.5, 0.6) is 0 Å². The molecule has 9 rings (SSSR count). The Kier molecular flexibility index (Phi) is 22.3. The molecule has 0 aliphatic carbocycles. The fourth-order valence-electron chi connectivity index (χ4n) is 9.90. The number of piperazine rings is 3. The molecule has 434 valence electrons. The van der Waals surface area contributed by atoms with Crippen LogP contribution in [0.15, 0.2) is 109 Å². The van der Waals surface area contributed by atoms with Crippen molar-refractivity contribution < 1.29 is 27.6 Å². The predicted molar refractivity (Wildman–Crippen MR) is 316 cm³/mol. The van der Waals surface area contributed by atoms with E-state index in [1.165, 1.54) is 23.3 Å². The second-order valence-corrected chi connectivity index (χ2v) is 22.1. The molecular formula is C63H83F3N12O3. The lowest BCUT2D eigenvalue weighted by Crippen LogP contribution is -2.54. The van der Waals surface area contributed by atoms with Crippen LogP contribution in [0.4, 0.5) is 30.6 Å². The van der Waals surface area contributed by atoms with E-state index in [0.717, 1.165) is 97.4 Å². The van der Waals surface area contributed by atoms with Crippen molar-refractivity contribution in [2.75, 3.05) is 80.1 Å². The molecule has 0 saturated carbocycles. The van der Waals surface area contributed by atoms with Crippen molar-refractivity contribution >= 4 is 35.2 Å². The van der Waals surface area contributed by atoms with Crippen LogP contribution < -0.4 is 14.7 Å². The first-order chi connectivity index (χ1) is 38.1. The van der Waals surface area contributed by atoms with Crippen molar-refractivity contribution in [1.82, 2.24) is 45.3 Å². The van der Waals surface area contributed by atoms with Gasteiger partial charge in [-0.05, 0) is 123 Å². The van der Waals surface area contributed by atoms with E-state index in [2.05, 4.69) is 135 Å². The van der Waals surface area contributed by atoms with Crippen molar-refractivity contribution in [1.29, 1.82) is 0 Å². The maximum absolute atomic E-state index is 12.8. The number of hydrogen-bond donors (Lipinski definition) is 0. The van der Waals surface area contributed by atoms with Crippen LogP contribution in [0.1, 0.15) is 124 Å². The van der Waals surface area contributed by atoms with Crippen molar-refractivity contribution in [3.05, 3.63) is 160 Å². The summed E-state index contributed by atoms with van der Waals surface area (Å²) in [4.78, 5) is 50.2. The van der Waals surface area contributed by atoms with Crippen LogP contribution in [0, 0.1) is 20.8 Å². The minimum Gasteiger partial charge on any atom is -0.352 e. The molecule has 0 bridgehead atoms. The average Bonchev–Trinajstić information content (AvgIpc) is 3.45. The van der Waals surface area contributed by atoms with Crippen molar-refractivity contribution in [2.45, 2.75) is 132 Å². The molecule has 6 heterocycles. The minimum atomic E-state index is -4.27. The molecule has 0 N–H and O–H groups in total. The third-order valence-corrected chi connectivity index (χ3v) is 15.2. The summed E-state index contributed by atoms with van der Waals surface area (Å²) in [5.74, 6) is 2.46. The molecule has 3 saturated heterocycles. The van der Waals surface area contributed by atoms with E-state index < -0.39 is 12.1 Å². The van der Waals surface area contributed by atoms with Crippen LogP contribution in [-0.2, 0) is 33.6 Å². The molecule has 0 spiro atoms. The third kappa shape index (κ3) is 17.7. The van der Waals surface area contributed by atoms with Gasteiger partial charge in [-0.3, -0.25) is 14.4 Å². The number of rotatable bonds is 12. The van der Waals surface area contributed by atoms with Gasteiger partial charge in [0.2, 0.25) is 17.7 Å². The molecule has 15 nitrogen and oxygen atoms in total. The molecule has 3 atom stereocenters. The Morgan fingerprint density at radius 2 is 0.765 bits per heavy atom. The van der Waals surface area contributed by atoms with Gasteiger partial charge < -0.3 is 29.4 Å². The molecule has 3 aromatic carbocycles. The molecule has 3 aliphatic rings. The Labute approximate surface area is 478 Å². The third-order valence-electron chi connectivity index (χ3n) is 15.2. The Balaban J connectivity index is 0.000000195. The Bertz CT molecular complexity index is 2790. The lowest BCUT2D eigenvalue weighted by Gasteiger charge is -2.40. The molecule has 3 aromatic heterocycles. The number of aryl methyl sites for hydroxylation is 3. The maximum Gasteiger partial charge on any atom is 0.395 e. The van der Waals surface area contributed by atoms with Gasteiger partial charge in [-0.25, -0.2) is 0 Å². The van der Waals surface area contributed by atoms with Crippen molar-refractivity contribution in [2.24, 2.45) is 0 Å². The summed E-state index contributed by atoms with van der Waals surface area (Å²) in [7, 11) is 0. The average molecular weight is 1110 g/mol. The normalized spacial score (nSPS) is 16.9. The van der Waals surface area contributed by atoms with Gasteiger partial charge in [0.25, 0.3) is 0 Å². The van der Waals surface area contributed by atoms with Gasteiger partial charge in [0, 0.05) is 77.5 Å². The Morgan fingerprint density at radius 3 is 1.07 bits per heavy atom. The maximum atomic E-state index is 12.8. The number of anilines is 3. The summed E-state index contributed by atoms with van der Waals surface area (Å²) in [6, 6.07) is 35.2. The monoisotopic (exact) mass is 1110 g/mol. The predicted octanol–water partition coefficient (Wildman–Crippen LogP) is 10.4. The van der Waals surface area contributed by atoms with Crippen LogP contribution in [0.2, 0.25) is 0 Å². The first-order valence-corrected chi connectivity index (χ1v) is 28.0. The van der Waals surface area contributed by atoms with Crippen LogP contribution in [0.3, 0.4) is 0 Å². The summed E-state index contributed by atoms with van der Waals surface area (Å²) in [5.41, 5.74) is 8.39. The Morgan fingerprint density at radius 1 is 0.444 bits per heavy atom. The number of halogens is 3. The van der Waals surface area contributed by atoms with E-state index >= 15 is 0 Å². The van der Waals surface area contributed by atoms with Crippen LogP contribution in [0.25, 0.3) is 0 Å². The number of amides is 3. The van der Waals surface area contributed by atoms with Crippen molar-refractivity contribution in [3.63, 3.8) is 0 Å². The van der Waals surface area contributed by atoms with Gasteiger partial charge >= 0.3 is 6.18 Å². The summed E-state index contributed by atoms with van der Waals surface area (Å²) >= 11 is 0. The van der Waals surface area contributed by atoms with Gasteiger partial charge in [-0.15, -0.1) is 15.3 Å². The molecule has 3 fully saturated rings. The highest BCUT2D eigenvalue weighted by atomic mass is 19.4. The lowest BCUT2D eigenvalue weighted by molar-refractivity contribution is -0.146. The first-order valence-electron chi connectivity index (χ1n) is 28.0. The largest absolute Gasteiger partial charge is 0.395 e. The minimum absolute atomic E-state index is 0. The van der Waals surface area contributed by atoms with Gasteiger partial charge in [0.1, 0.15) is 0 Å². The number of carbonyl (C=O) groups excluding carboxylic acids is 3. The SMILES string of the molecule is C.Cc1ccc(N2CCN(C(=O)Cc3ccc(C(C)C(F)(F)F)cc3)CC2)nn1.Cc1ccc(N2CCN(C(=O)Cc3ccc(C(C)C)cc3)C[C@@H]2C)nn1.Cc1ccc(N2CCN(C(=O)Cc3ccc(C(C)C)cc3)C[C@H]2C)nn1. The van der Waals surface area contributed by atoms with Gasteiger partial charge in [-0.2, -0.15) is 28.5 Å². The number of aromatic nitrogens is 6. The van der Waals surface area contributed by atoms with Crippen molar-refractivity contribution in [3.8, 4) is 0 Å². The fraction of sp³-hybridized carbons (Fsp3) is 0.476. The van der Waals surface area contributed by atoms with Crippen LogP contribution >= 0.6 is 0 Å². The molecule has 1 unspecified atom stereocenters. The molecule has 6 aromatic rings. The van der Waals surface area contributed by atoms with E-state index in [0.29, 0.717) is 50.9 Å². The summed E-state index contributed by atoms with van der Waals surface area (Å²) < 4.78 is 38.4. The second kappa shape index (κ2) is 28.8. The standard InChI is InChI=1S/2C21H28N4O.C20H23F3N4O.CH4/c2*1-15(2)19-8-6-18(7-9-19)13-21(26)24-11-12-25(17(4)14-24)20-10-5-16(3)22-23-20;1-14-3-8-18(25-24-14)26-9-11-27(12-10-26)19(28)13-16-4-6-17(7-5-16)15(2)20(21,22)23;/h2*5-10,15,17H,11-14H2,1-4H3;3-8,15H,9-13H2,1-2H3;1H4/t2*17-;;/m10../s1. The van der Waals surface area contributed by atoms with E-state index in [1.807, 2.05) is 67.0 Å². The zero-order chi connectivity index (χ0) is 57.7. The molecule has 3 aliphatic heterocycles. The summed E-state index contributed by atoms with van der Waals surface area (Å²) in [5, 5.41) is 25.1. The zero-order valence-electron chi connectivity index (χ0n) is 48.2. The smallest absolute Gasteiger partial charge is 0.352 e. The highest BCUT2D eigenvalue weighted by Crippen LogP contribution is 2.34. The molecule has 18 heteroatoms. The Hall–Kier alpha value is -7.50. The highest BCUT2D eigenvalue weighted by Gasteiger charge is 2.37. The summed E-state index contributed by atoms with van der Waals surface area (Å²) in [6.45, 7) is 26.9.